The van der Waals surface area contributed by atoms with Gasteiger partial charge in [-0.05, 0) is 0 Å². The summed E-state index contributed by atoms with van der Waals surface area (Å²) >= 11 is 0. The van der Waals surface area contributed by atoms with Crippen molar-refractivity contribution in [2.45, 2.75) is 12.0 Å². The third-order valence-corrected chi connectivity index (χ3v) is 3.38. The normalized spacial score (nSPS) is 23.4. The number of nitrogens with zero attached hydrogens (tertiary/aromatic N) is 4. The van der Waals surface area contributed by atoms with Gasteiger partial charge in [0.25, 0.3) is 5.92 Å². The molecule has 0 atom stereocenters. The first kappa shape index (κ1) is 11.6. The van der Waals surface area contributed by atoms with E-state index in [2.05, 4.69) is 9.97 Å². The molecule has 3 heterocycles. The van der Waals surface area contributed by atoms with Crippen molar-refractivity contribution in [3.05, 3.63) is 12.4 Å². The molecule has 2 fully saturated rings. The second kappa shape index (κ2) is 4.01. The first-order valence-electron chi connectivity index (χ1n) is 5.80. The predicted molar refractivity (Wildman–Crippen MR) is 61.1 cm³/mol. The van der Waals surface area contributed by atoms with Crippen LogP contribution in [0.1, 0.15) is 0 Å². The molecule has 2 saturated heterocycles. The Morgan fingerprint density at radius 2 is 1.89 bits per heavy atom. The lowest BCUT2D eigenvalue weighted by molar-refractivity contribution is -0.148. The van der Waals surface area contributed by atoms with E-state index in [0.29, 0.717) is 24.8 Å². The Hall–Kier alpha value is -1.50. The highest BCUT2D eigenvalue weighted by atomic mass is 19.3. The van der Waals surface area contributed by atoms with Crippen molar-refractivity contribution in [1.29, 1.82) is 0 Å². The Labute approximate surface area is 103 Å². The SMILES string of the molecule is COc1cnc(N2CC(N3CC(F)(F)C3)C2)nc1. The Bertz CT molecular complexity index is 425. The number of likely N-dealkylation sites (tertiary alicyclic amines) is 1. The van der Waals surface area contributed by atoms with Gasteiger partial charge in [-0.3, -0.25) is 4.90 Å². The van der Waals surface area contributed by atoms with Crippen LogP contribution in [0.4, 0.5) is 14.7 Å². The van der Waals surface area contributed by atoms with E-state index >= 15 is 0 Å². The molecule has 0 unspecified atom stereocenters. The Morgan fingerprint density at radius 1 is 1.28 bits per heavy atom. The van der Waals surface area contributed by atoms with Gasteiger partial charge in [0.05, 0.1) is 32.6 Å². The van der Waals surface area contributed by atoms with Gasteiger partial charge in [-0.2, -0.15) is 0 Å². The van der Waals surface area contributed by atoms with Crippen molar-refractivity contribution >= 4 is 5.95 Å². The average Bonchev–Trinajstić information content (AvgIpc) is 2.25. The van der Waals surface area contributed by atoms with Crippen LogP contribution in [0.3, 0.4) is 0 Å². The van der Waals surface area contributed by atoms with Gasteiger partial charge < -0.3 is 9.64 Å². The summed E-state index contributed by atoms with van der Waals surface area (Å²) in [7, 11) is 1.56. The van der Waals surface area contributed by atoms with Crippen LogP contribution >= 0.6 is 0 Å². The quantitative estimate of drug-likeness (QED) is 0.793. The van der Waals surface area contributed by atoms with Gasteiger partial charge in [-0.1, -0.05) is 0 Å². The molecule has 1 aromatic rings. The van der Waals surface area contributed by atoms with E-state index in [1.807, 2.05) is 4.90 Å². The summed E-state index contributed by atoms with van der Waals surface area (Å²) < 4.78 is 30.4. The Morgan fingerprint density at radius 3 is 2.39 bits per heavy atom. The molecule has 1 aromatic heterocycles. The van der Waals surface area contributed by atoms with Gasteiger partial charge in [0.2, 0.25) is 5.95 Å². The zero-order valence-electron chi connectivity index (χ0n) is 10.0. The zero-order chi connectivity index (χ0) is 12.8. The summed E-state index contributed by atoms with van der Waals surface area (Å²) in [4.78, 5) is 12.1. The van der Waals surface area contributed by atoms with E-state index in [1.165, 1.54) is 0 Å². The summed E-state index contributed by atoms with van der Waals surface area (Å²) in [6, 6.07) is 0.204. The fourth-order valence-electron chi connectivity index (χ4n) is 2.23. The molecule has 2 aliphatic rings. The molecular formula is C11H14F2N4O. The van der Waals surface area contributed by atoms with E-state index in [9.17, 15) is 8.78 Å². The molecule has 0 bridgehead atoms. The van der Waals surface area contributed by atoms with Gasteiger partial charge in [-0.25, -0.2) is 18.7 Å². The van der Waals surface area contributed by atoms with Gasteiger partial charge in [0, 0.05) is 19.1 Å². The van der Waals surface area contributed by atoms with E-state index in [-0.39, 0.29) is 19.1 Å². The molecule has 0 spiro atoms. The molecule has 0 amide bonds. The zero-order valence-corrected chi connectivity index (χ0v) is 10.0. The fraction of sp³-hybridized carbons (Fsp3) is 0.636. The summed E-state index contributed by atoms with van der Waals surface area (Å²) in [5.74, 6) is -1.26. The fourth-order valence-corrected chi connectivity index (χ4v) is 2.23. The molecular weight excluding hydrogens is 242 g/mol. The Kier molecular flexibility index (Phi) is 2.58. The number of halogens is 2. The molecule has 0 aromatic carbocycles. The highest BCUT2D eigenvalue weighted by Crippen LogP contribution is 2.32. The van der Waals surface area contributed by atoms with Crippen LogP contribution in [0.15, 0.2) is 12.4 Å². The Balaban J connectivity index is 1.52. The van der Waals surface area contributed by atoms with Crippen LogP contribution in [0.5, 0.6) is 5.75 Å². The van der Waals surface area contributed by atoms with Crippen molar-refractivity contribution < 1.29 is 13.5 Å². The first-order chi connectivity index (χ1) is 8.57. The van der Waals surface area contributed by atoms with Crippen molar-refractivity contribution in [3.63, 3.8) is 0 Å². The maximum atomic E-state index is 12.7. The van der Waals surface area contributed by atoms with Crippen LogP contribution in [-0.2, 0) is 0 Å². The third kappa shape index (κ3) is 1.98. The molecule has 18 heavy (non-hydrogen) atoms. The largest absolute Gasteiger partial charge is 0.494 e. The number of aromatic nitrogens is 2. The molecule has 0 radical (unpaired) electrons. The minimum Gasteiger partial charge on any atom is -0.494 e. The number of methoxy groups -OCH3 is 1. The summed E-state index contributed by atoms with van der Waals surface area (Å²) in [5, 5.41) is 0. The van der Waals surface area contributed by atoms with E-state index in [0.717, 1.165) is 0 Å². The van der Waals surface area contributed by atoms with Crippen molar-refractivity contribution in [3.8, 4) is 5.75 Å². The van der Waals surface area contributed by atoms with Gasteiger partial charge in [-0.15, -0.1) is 0 Å². The molecule has 0 aliphatic carbocycles. The van der Waals surface area contributed by atoms with Crippen LogP contribution in [-0.4, -0.2) is 60.1 Å². The molecule has 7 heteroatoms. The van der Waals surface area contributed by atoms with Gasteiger partial charge in [0.1, 0.15) is 0 Å². The van der Waals surface area contributed by atoms with E-state index in [1.54, 1.807) is 24.4 Å². The maximum Gasteiger partial charge on any atom is 0.272 e. The average molecular weight is 256 g/mol. The first-order valence-corrected chi connectivity index (χ1v) is 5.80. The minimum atomic E-state index is -2.49. The number of alkyl halides is 2. The maximum absolute atomic E-state index is 12.7. The number of anilines is 1. The van der Waals surface area contributed by atoms with Gasteiger partial charge >= 0.3 is 0 Å². The second-order valence-electron chi connectivity index (χ2n) is 4.74. The smallest absolute Gasteiger partial charge is 0.272 e. The lowest BCUT2D eigenvalue weighted by Gasteiger charge is -2.51. The highest BCUT2D eigenvalue weighted by Gasteiger charge is 2.49. The molecule has 3 rings (SSSR count). The second-order valence-corrected chi connectivity index (χ2v) is 4.74. The molecule has 98 valence electrons. The van der Waals surface area contributed by atoms with Crippen LogP contribution < -0.4 is 9.64 Å². The van der Waals surface area contributed by atoms with E-state index in [4.69, 9.17) is 4.74 Å². The highest BCUT2D eigenvalue weighted by molar-refractivity contribution is 5.36. The van der Waals surface area contributed by atoms with Crippen LogP contribution in [0.25, 0.3) is 0 Å². The third-order valence-electron chi connectivity index (χ3n) is 3.38. The standard InChI is InChI=1S/C11H14F2N4O/c1-18-9-2-14-10(15-3-9)16-4-8(5-16)17-6-11(12,13)7-17/h2-3,8H,4-7H2,1H3. The van der Waals surface area contributed by atoms with Crippen molar-refractivity contribution in [2.75, 3.05) is 38.2 Å². The van der Waals surface area contributed by atoms with E-state index < -0.39 is 5.92 Å². The lowest BCUT2D eigenvalue weighted by atomic mass is 10.0. The number of ether oxygens (including phenoxy) is 1. The van der Waals surface area contributed by atoms with Crippen LogP contribution in [0.2, 0.25) is 0 Å². The predicted octanol–water partition coefficient (Wildman–Crippen LogP) is 0.625. The van der Waals surface area contributed by atoms with Crippen LogP contribution in [0, 0.1) is 0 Å². The topological polar surface area (TPSA) is 41.5 Å². The number of rotatable bonds is 3. The molecule has 0 N–H and O–H groups in total. The number of hydrogen-bond donors (Lipinski definition) is 0. The molecule has 5 nitrogen and oxygen atoms in total. The minimum absolute atomic E-state index is 0.116. The summed E-state index contributed by atoms with van der Waals surface area (Å²) in [5.41, 5.74) is 0. The summed E-state index contributed by atoms with van der Waals surface area (Å²) in [6.45, 7) is 1.19. The lowest BCUT2D eigenvalue weighted by Crippen LogP contribution is -2.69. The monoisotopic (exact) mass is 256 g/mol. The van der Waals surface area contributed by atoms with Gasteiger partial charge in [0.15, 0.2) is 5.75 Å². The summed E-state index contributed by atoms with van der Waals surface area (Å²) in [6.07, 6.45) is 3.21. The molecule has 2 aliphatic heterocycles. The molecule has 0 saturated carbocycles. The van der Waals surface area contributed by atoms with Crippen molar-refractivity contribution in [2.24, 2.45) is 0 Å². The van der Waals surface area contributed by atoms with Crippen molar-refractivity contribution in [1.82, 2.24) is 14.9 Å². The number of hydrogen-bond acceptors (Lipinski definition) is 5.